The van der Waals surface area contributed by atoms with Crippen LogP contribution >= 0.6 is 0 Å². The summed E-state index contributed by atoms with van der Waals surface area (Å²) in [7, 11) is 1.21. The number of aromatic hydroxyl groups is 1. The van der Waals surface area contributed by atoms with Crippen LogP contribution in [0.25, 0.3) is 0 Å². The third kappa shape index (κ3) is 1.92. The standard InChI is InChI=1S/C13H14O5/c1-13(2)6-7-4-5-8(11(15)17-3)10(14)9(7)12(16)18-13/h4-5,14H,6H2,1-3H3. The normalized spacial score (nSPS) is 16.7. The second-order valence-corrected chi connectivity index (χ2v) is 4.81. The summed E-state index contributed by atoms with van der Waals surface area (Å²) in [5.41, 5.74) is 0.0788. The molecule has 96 valence electrons. The van der Waals surface area contributed by atoms with Gasteiger partial charge in [-0.05, 0) is 25.5 Å². The number of carbonyl (C=O) groups is 2. The van der Waals surface area contributed by atoms with E-state index in [0.29, 0.717) is 12.0 Å². The fraction of sp³-hybridized carbons (Fsp3) is 0.385. The summed E-state index contributed by atoms with van der Waals surface area (Å²) in [6, 6.07) is 3.10. The minimum absolute atomic E-state index is 0.0343. The summed E-state index contributed by atoms with van der Waals surface area (Å²) >= 11 is 0. The lowest BCUT2D eigenvalue weighted by atomic mass is 9.89. The molecule has 0 bridgehead atoms. The van der Waals surface area contributed by atoms with E-state index < -0.39 is 17.5 Å². The van der Waals surface area contributed by atoms with E-state index >= 15 is 0 Å². The highest BCUT2D eigenvalue weighted by Gasteiger charge is 2.35. The maximum absolute atomic E-state index is 11.9. The Kier molecular flexibility index (Phi) is 2.77. The van der Waals surface area contributed by atoms with Crippen LogP contribution in [0.4, 0.5) is 0 Å². The molecule has 1 aliphatic heterocycles. The van der Waals surface area contributed by atoms with Gasteiger partial charge in [0, 0.05) is 6.42 Å². The van der Waals surface area contributed by atoms with Crippen LogP contribution in [0.1, 0.15) is 40.1 Å². The van der Waals surface area contributed by atoms with E-state index in [2.05, 4.69) is 4.74 Å². The molecule has 0 radical (unpaired) electrons. The van der Waals surface area contributed by atoms with Crippen LogP contribution in [0.3, 0.4) is 0 Å². The fourth-order valence-corrected chi connectivity index (χ4v) is 2.08. The number of fused-ring (bicyclic) bond motifs is 1. The van der Waals surface area contributed by atoms with Gasteiger partial charge in [0.25, 0.3) is 0 Å². The van der Waals surface area contributed by atoms with Crippen molar-refractivity contribution in [1.82, 2.24) is 0 Å². The molecule has 0 unspecified atom stereocenters. The van der Waals surface area contributed by atoms with Crippen molar-refractivity contribution >= 4 is 11.9 Å². The number of hydrogen-bond donors (Lipinski definition) is 1. The lowest BCUT2D eigenvalue weighted by Crippen LogP contribution is -2.36. The van der Waals surface area contributed by atoms with Crippen molar-refractivity contribution in [1.29, 1.82) is 0 Å². The number of esters is 2. The maximum Gasteiger partial charge on any atom is 0.342 e. The second kappa shape index (κ2) is 4.01. The van der Waals surface area contributed by atoms with Crippen molar-refractivity contribution in [3.05, 3.63) is 28.8 Å². The highest BCUT2D eigenvalue weighted by atomic mass is 16.6. The van der Waals surface area contributed by atoms with Crippen molar-refractivity contribution in [2.24, 2.45) is 0 Å². The van der Waals surface area contributed by atoms with Gasteiger partial charge in [0.1, 0.15) is 22.5 Å². The summed E-state index contributed by atoms with van der Waals surface area (Å²) in [6.07, 6.45) is 0.489. The number of phenols is 1. The number of methoxy groups -OCH3 is 1. The average Bonchev–Trinajstić information content (AvgIpc) is 2.26. The van der Waals surface area contributed by atoms with Crippen LogP contribution in [0.5, 0.6) is 5.75 Å². The van der Waals surface area contributed by atoms with Crippen LogP contribution in [0.15, 0.2) is 12.1 Å². The zero-order chi connectivity index (χ0) is 13.5. The van der Waals surface area contributed by atoms with Gasteiger partial charge in [0.2, 0.25) is 0 Å². The molecule has 0 aliphatic carbocycles. The summed E-state index contributed by atoms with van der Waals surface area (Å²) in [4.78, 5) is 23.3. The molecular weight excluding hydrogens is 236 g/mol. The number of cyclic esters (lactones) is 1. The summed E-state index contributed by atoms with van der Waals surface area (Å²) in [5.74, 6) is -1.68. The second-order valence-electron chi connectivity index (χ2n) is 4.81. The first kappa shape index (κ1) is 12.4. The SMILES string of the molecule is COC(=O)c1ccc2c(c1O)C(=O)OC(C)(C)C2. The number of ether oxygens (including phenoxy) is 2. The van der Waals surface area contributed by atoms with E-state index in [9.17, 15) is 14.7 Å². The molecule has 1 N–H and O–H groups in total. The summed E-state index contributed by atoms with van der Waals surface area (Å²) in [6.45, 7) is 3.58. The van der Waals surface area contributed by atoms with Crippen molar-refractivity contribution in [3.8, 4) is 5.75 Å². The van der Waals surface area contributed by atoms with Crippen LogP contribution in [0.2, 0.25) is 0 Å². The molecule has 0 aromatic heterocycles. The molecule has 0 amide bonds. The average molecular weight is 250 g/mol. The number of benzene rings is 1. The maximum atomic E-state index is 11.9. The van der Waals surface area contributed by atoms with Gasteiger partial charge in [-0.3, -0.25) is 0 Å². The summed E-state index contributed by atoms with van der Waals surface area (Å²) < 4.78 is 9.73. The van der Waals surface area contributed by atoms with Gasteiger partial charge in [0.15, 0.2) is 0 Å². The van der Waals surface area contributed by atoms with Crippen molar-refractivity contribution < 1.29 is 24.2 Å². The van der Waals surface area contributed by atoms with Gasteiger partial charge in [-0.15, -0.1) is 0 Å². The molecule has 0 atom stereocenters. The number of carbonyl (C=O) groups excluding carboxylic acids is 2. The Morgan fingerprint density at radius 3 is 2.72 bits per heavy atom. The van der Waals surface area contributed by atoms with E-state index in [1.807, 2.05) is 0 Å². The van der Waals surface area contributed by atoms with Gasteiger partial charge in [-0.25, -0.2) is 9.59 Å². The summed E-state index contributed by atoms with van der Waals surface area (Å²) in [5, 5.41) is 9.98. The van der Waals surface area contributed by atoms with Crippen LogP contribution < -0.4 is 0 Å². The first-order valence-electron chi connectivity index (χ1n) is 5.52. The van der Waals surface area contributed by atoms with Crippen molar-refractivity contribution in [2.45, 2.75) is 25.9 Å². The smallest absolute Gasteiger partial charge is 0.342 e. The molecule has 0 saturated heterocycles. The highest BCUT2D eigenvalue weighted by molar-refractivity contribution is 6.01. The molecule has 18 heavy (non-hydrogen) atoms. The van der Waals surface area contributed by atoms with E-state index in [1.165, 1.54) is 13.2 Å². The number of phenolic OH excluding ortho intramolecular Hbond substituents is 1. The minimum atomic E-state index is -0.687. The lowest BCUT2D eigenvalue weighted by molar-refractivity contribution is -0.00686. The molecule has 1 aromatic carbocycles. The molecule has 1 aliphatic rings. The van der Waals surface area contributed by atoms with Gasteiger partial charge in [-0.2, -0.15) is 0 Å². The first-order valence-corrected chi connectivity index (χ1v) is 5.52. The topological polar surface area (TPSA) is 72.8 Å². The Bertz CT molecular complexity index is 530. The van der Waals surface area contributed by atoms with Gasteiger partial charge in [-0.1, -0.05) is 6.07 Å². The predicted molar refractivity (Wildman–Crippen MR) is 62.6 cm³/mol. The monoisotopic (exact) mass is 250 g/mol. The molecule has 0 saturated carbocycles. The quantitative estimate of drug-likeness (QED) is 0.767. The van der Waals surface area contributed by atoms with E-state index in [4.69, 9.17) is 4.74 Å². The van der Waals surface area contributed by atoms with Gasteiger partial charge >= 0.3 is 11.9 Å². The molecule has 5 nitrogen and oxygen atoms in total. The Hall–Kier alpha value is -2.04. The predicted octanol–water partition coefficient (Wildman–Crippen LogP) is 1.67. The van der Waals surface area contributed by atoms with Crippen LogP contribution in [-0.4, -0.2) is 29.8 Å². The molecular formula is C13H14O5. The van der Waals surface area contributed by atoms with E-state index in [-0.39, 0.29) is 16.9 Å². The molecule has 2 rings (SSSR count). The van der Waals surface area contributed by atoms with Gasteiger partial charge in [0.05, 0.1) is 7.11 Å². The largest absolute Gasteiger partial charge is 0.506 e. The van der Waals surface area contributed by atoms with Crippen LogP contribution in [-0.2, 0) is 15.9 Å². The van der Waals surface area contributed by atoms with Crippen molar-refractivity contribution in [3.63, 3.8) is 0 Å². The Balaban J connectivity index is 2.57. The van der Waals surface area contributed by atoms with Crippen LogP contribution in [0, 0.1) is 0 Å². The minimum Gasteiger partial charge on any atom is -0.506 e. The Morgan fingerprint density at radius 1 is 1.44 bits per heavy atom. The fourth-order valence-electron chi connectivity index (χ4n) is 2.08. The third-order valence-electron chi connectivity index (χ3n) is 2.86. The molecule has 0 fully saturated rings. The van der Waals surface area contributed by atoms with E-state index in [1.54, 1.807) is 19.9 Å². The molecule has 1 aromatic rings. The highest BCUT2D eigenvalue weighted by Crippen LogP contribution is 2.35. The molecule has 1 heterocycles. The Labute approximate surface area is 104 Å². The zero-order valence-electron chi connectivity index (χ0n) is 10.4. The number of hydrogen-bond acceptors (Lipinski definition) is 5. The molecule has 5 heteroatoms. The Morgan fingerprint density at radius 2 is 2.11 bits per heavy atom. The lowest BCUT2D eigenvalue weighted by Gasteiger charge is -2.31. The zero-order valence-corrected chi connectivity index (χ0v) is 10.4. The third-order valence-corrected chi connectivity index (χ3v) is 2.86. The van der Waals surface area contributed by atoms with Gasteiger partial charge < -0.3 is 14.6 Å². The number of rotatable bonds is 1. The first-order chi connectivity index (χ1) is 8.35. The van der Waals surface area contributed by atoms with E-state index in [0.717, 1.165) is 0 Å². The van der Waals surface area contributed by atoms with Crippen molar-refractivity contribution in [2.75, 3.05) is 7.11 Å². The molecule has 0 spiro atoms.